The first-order valence-corrected chi connectivity index (χ1v) is 3.28. The van der Waals surface area contributed by atoms with Gasteiger partial charge in [-0.1, -0.05) is 0 Å². The van der Waals surface area contributed by atoms with E-state index < -0.39 is 6.73 Å². The summed E-state index contributed by atoms with van der Waals surface area (Å²) in [5.41, 5.74) is 1.19. The molecule has 0 spiro atoms. The van der Waals surface area contributed by atoms with Crippen molar-refractivity contribution >= 4 is 0 Å². The molecule has 11 heavy (non-hydrogen) atoms. The van der Waals surface area contributed by atoms with Crippen LogP contribution >= 0.6 is 0 Å². The average molecular weight is 157 g/mol. The predicted molar refractivity (Wildman–Crippen MR) is 39.5 cm³/mol. The molecule has 1 rings (SSSR count). The third-order valence-electron chi connectivity index (χ3n) is 1.89. The van der Waals surface area contributed by atoms with E-state index in [1.165, 1.54) is 0 Å². The Bertz CT molecular complexity index is 252. The number of aromatic hydroxyl groups is 2. The van der Waals surface area contributed by atoms with Gasteiger partial charge in [-0.25, -0.2) is 0 Å². The number of hydrogen-bond donors (Lipinski definition) is 3. The Morgan fingerprint density at radius 1 is 1.09 bits per heavy atom. The van der Waals surface area contributed by atoms with Crippen LogP contribution in [0.5, 0.6) is 11.8 Å². The summed E-state index contributed by atoms with van der Waals surface area (Å²) >= 11 is 0. The van der Waals surface area contributed by atoms with E-state index in [2.05, 4.69) is 0 Å². The summed E-state index contributed by atoms with van der Waals surface area (Å²) in [6.07, 6.45) is 0. The molecular weight excluding hydrogens is 146 g/mol. The second-order valence-corrected chi connectivity index (χ2v) is 2.47. The van der Waals surface area contributed by atoms with E-state index >= 15 is 0 Å². The van der Waals surface area contributed by atoms with Crippen LogP contribution in [-0.2, 0) is 6.73 Å². The maximum absolute atomic E-state index is 9.24. The van der Waals surface area contributed by atoms with Crippen molar-refractivity contribution in [3.05, 3.63) is 11.1 Å². The van der Waals surface area contributed by atoms with Crippen LogP contribution in [0.3, 0.4) is 0 Å². The maximum Gasteiger partial charge on any atom is 0.199 e. The topological polar surface area (TPSA) is 65.6 Å². The first kappa shape index (κ1) is 7.94. The van der Waals surface area contributed by atoms with Gasteiger partial charge in [-0.2, -0.15) is 0 Å². The molecule has 0 atom stereocenters. The van der Waals surface area contributed by atoms with Gasteiger partial charge in [-0.05, 0) is 13.8 Å². The summed E-state index contributed by atoms with van der Waals surface area (Å²) in [6.45, 7) is 2.94. The van der Waals surface area contributed by atoms with E-state index in [0.717, 1.165) is 4.57 Å². The number of aliphatic hydroxyl groups is 1. The first-order chi connectivity index (χ1) is 5.09. The number of hydrogen-bond acceptors (Lipinski definition) is 3. The van der Waals surface area contributed by atoms with Crippen LogP contribution in [0, 0.1) is 13.8 Å². The van der Waals surface area contributed by atoms with Gasteiger partial charge in [0.25, 0.3) is 0 Å². The lowest BCUT2D eigenvalue weighted by molar-refractivity contribution is 0.182. The van der Waals surface area contributed by atoms with Crippen LogP contribution in [0.25, 0.3) is 0 Å². The molecule has 0 aromatic carbocycles. The molecule has 3 N–H and O–H groups in total. The van der Waals surface area contributed by atoms with Gasteiger partial charge in [0.2, 0.25) is 0 Å². The fourth-order valence-electron chi connectivity index (χ4n) is 0.975. The monoisotopic (exact) mass is 157 g/mol. The lowest BCUT2D eigenvalue weighted by atomic mass is 10.2. The molecule has 0 saturated heterocycles. The van der Waals surface area contributed by atoms with Gasteiger partial charge < -0.3 is 15.3 Å². The zero-order valence-electron chi connectivity index (χ0n) is 6.50. The van der Waals surface area contributed by atoms with Crippen molar-refractivity contribution in [2.45, 2.75) is 20.6 Å². The molecule has 0 aliphatic heterocycles. The Kier molecular flexibility index (Phi) is 1.78. The van der Waals surface area contributed by atoms with Crippen LogP contribution in [0.2, 0.25) is 0 Å². The number of aromatic nitrogens is 1. The smallest absolute Gasteiger partial charge is 0.199 e. The number of aliphatic hydroxyl groups excluding tert-OH is 1. The molecule has 0 aliphatic rings. The van der Waals surface area contributed by atoms with Gasteiger partial charge in [0, 0.05) is 11.1 Å². The molecule has 1 aromatic heterocycles. The Hall–Kier alpha value is -1.16. The Morgan fingerprint density at radius 2 is 1.45 bits per heavy atom. The Balaban J connectivity index is 3.36. The zero-order chi connectivity index (χ0) is 8.59. The van der Waals surface area contributed by atoms with E-state index in [4.69, 9.17) is 5.11 Å². The average Bonchev–Trinajstić information content (AvgIpc) is 2.17. The molecule has 0 amide bonds. The van der Waals surface area contributed by atoms with E-state index in [0.29, 0.717) is 11.1 Å². The molecule has 4 heteroatoms. The summed E-state index contributed by atoms with van der Waals surface area (Å²) in [4.78, 5) is 0. The van der Waals surface area contributed by atoms with Gasteiger partial charge in [-0.15, -0.1) is 0 Å². The largest absolute Gasteiger partial charge is 0.494 e. The molecule has 0 bridgehead atoms. The summed E-state index contributed by atoms with van der Waals surface area (Å²) < 4.78 is 1.03. The SMILES string of the molecule is Cc1c(C)c(O)n(CO)c1O. The molecule has 0 radical (unpaired) electrons. The minimum absolute atomic E-state index is 0.0810. The lowest BCUT2D eigenvalue weighted by Crippen LogP contribution is -1.94. The third-order valence-corrected chi connectivity index (χ3v) is 1.89. The first-order valence-electron chi connectivity index (χ1n) is 3.28. The molecule has 62 valence electrons. The number of rotatable bonds is 1. The van der Waals surface area contributed by atoms with Crippen LogP contribution in [-0.4, -0.2) is 19.9 Å². The van der Waals surface area contributed by atoms with Crippen LogP contribution in [0.15, 0.2) is 0 Å². The van der Waals surface area contributed by atoms with Gasteiger partial charge in [0.05, 0.1) is 0 Å². The summed E-state index contributed by atoms with van der Waals surface area (Å²) in [5, 5.41) is 27.2. The van der Waals surface area contributed by atoms with Crippen molar-refractivity contribution in [3.63, 3.8) is 0 Å². The molecule has 1 aromatic rings. The lowest BCUT2D eigenvalue weighted by Gasteiger charge is -2.00. The van der Waals surface area contributed by atoms with Crippen molar-refractivity contribution in [2.24, 2.45) is 0 Å². The van der Waals surface area contributed by atoms with Crippen LogP contribution in [0.1, 0.15) is 11.1 Å². The molecule has 0 fully saturated rings. The molecule has 4 nitrogen and oxygen atoms in total. The fourth-order valence-corrected chi connectivity index (χ4v) is 0.975. The molecule has 0 aliphatic carbocycles. The van der Waals surface area contributed by atoms with Gasteiger partial charge in [0.1, 0.15) is 6.73 Å². The Labute approximate surface area is 64.3 Å². The highest BCUT2D eigenvalue weighted by Gasteiger charge is 2.14. The zero-order valence-corrected chi connectivity index (χ0v) is 6.50. The van der Waals surface area contributed by atoms with E-state index in [1.54, 1.807) is 13.8 Å². The fraction of sp³-hybridized carbons (Fsp3) is 0.429. The Morgan fingerprint density at radius 3 is 1.64 bits per heavy atom. The van der Waals surface area contributed by atoms with E-state index in [-0.39, 0.29) is 11.8 Å². The van der Waals surface area contributed by atoms with Crippen LogP contribution in [0.4, 0.5) is 0 Å². The highest BCUT2D eigenvalue weighted by molar-refractivity contribution is 5.42. The highest BCUT2D eigenvalue weighted by Crippen LogP contribution is 2.31. The molecular formula is C7H11NO3. The molecule has 1 heterocycles. The van der Waals surface area contributed by atoms with Crippen molar-refractivity contribution < 1.29 is 15.3 Å². The van der Waals surface area contributed by atoms with Crippen molar-refractivity contribution in [1.82, 2.24) is 4.57 Å². The second kappa shape index (κ2) is 2.47. The predicted octanol–water partition coefficient (Wildman–Crippen LogP) is 0.466. The summed E-state index contributed by atoms with van der Waals surface area (Å²) in [7, 11) is 0. The molecule has 0 unspecified atom stereocenters. The minimum Gasteiger partial charge on any atom is -0.494 e. The normalized spacial score (nSPS) is 10.5. The van der Waals surface area contributed by atoms with Gasteiger partial charge in [-0.3, -0.25) is 4.57 Å². The summed E-state index contributed by atoms with van der Waals surface area (Å²) in [6, 6.07) is 0. The van der Waals surface area contributed by atoms with Crippen molar-refractivity contribution in [3.8, 4) is 11.8 Å². The maximum atomic E-state index is 9.24. The third kappa shape index (κ3) is 0.952. The summed E-state index contributed by atoms with van der Waals surface area (Å²) in [5.74, 6) is -0.162. The number of nitrogens with zero attached hydrogens (tertiary/aromatic N) is 1. The molecule has 0 saturated carbocycles. The van der Waals surface area contributed by atoms with E-state index in [9.17, 15) is 10.2 Å². The van der Waals surface area contributed by atoms with Crippen molar-refractivity contribution in [1.29, 1.82) is 0 Å². The van der Waals surface area contributed by atoms with Crippen molar-refractivity contribution in [2.75, 3.05) is 0 Å². The van der Waals surface area contributed by atoms with E-state index in [1.807, 2.05) is 0 Å². The van der Waals surface area contributed by atoms with Gasteiger partial charge in [0.15, 0.2) is 11.8 Å². The second-order valence-electron chi connectivity index (χ2n) is 2.47. The minimum atomic E-state index is -0.410. The van der Waals surface area contributed by atoms with Crippen LogP contribution < -0.4 is 0 Å². The highest BCUT2D eigenvalue weighted by atomic mass is 16.3. The standard InChI is InChI=1S/C7H11NO3/c1-4-5(2)7(11)8(3-9)6(4)10/h9-11H,3H2,1-2H3. The van der Waals surface area contributed by atoms with Gasteiger partial charge >= 0.3 is 0 Å². The quantitative estimate of drug-likeness (QED) is 0.555.